The molecule has 2 aromatic rings. The van der Waals surface area contributed by atoms with E-state index in [0.717, 1.165) is 27.0 Å². The number of nitrogens with zero attached hydrogens (tertiary/aromatic N) is 1. The minimum Gasteiger partial charge on any atom is -0.493 e. The molecule has 0 atom stereocenters. The smallest absolute Gasteiger partial charge is 0.305 e. The first-order valence-corrected chi connectivity index (χ1v) is 16.0. The van der Waals surface area contributed by atoms with Crippen LogP contribution in [0.5, 0.6) is 11.5 Å². The normalized spacial score (nSPS) is 19.7. The second-order valence-corrected chi connectivity index (χ2v) is 15.1. The first kappa shape index (κ1) is 31.5. The molecular weight excluding hydrogens is 678 g/mol. The van der Waals surface area contributed by atoms with Gasteiger partial charge < -0.3 is 19.5 Å². The van der Waals surface area contributed by atoms with Crippen LogP contribution >= 0.6 is 31.9 Å². The van der Waals surface area contributed by atoms with Crippen LogP contribution in [0.1, 0.15) is 76.8 Å². The number of carbonyl (C=O) groups is 3. The molecule has 0 saturated carbocycles. The van der Waals surface area contributed by atoms with Crippen molar-refractivity contribution in [3.8, 4) is 11.5 Å². The maximum Gasteiger partial charge on any atom is 0.305 e. The summed E-state index contributed by atoms with van der Waals surface area (Å²) in [6.07, 6.45) is 1.84. The highest BCUT2D eigenvalue weighted by Gasteiger charge is 2.49. The van der Waals surface area contributed by atoms with Crippen molar-refractivity contribution < 1.29 is 29.0 Å². The molecule has 0 radical (unpaired) electrons. The highest BCUT2D eigenvalue weighted by molar-refractivity contribution is 9.10. The fourth-order valence-corrected chi connectivity index (χ4v) is 7.48. The number of methoxy groups -OCH3 is 1. The van der Waals surface area contributed by atoms with Gasteiger partial charge in [0.05, 0.1) is 18.0 Å². The van der Waals surface area contributed by atoms with E-state index in [1.165, 1.54) is 0 Å². The third-order valence-corrected chi connectivity index (χ3v) is 9.57. The van der Waals surface area contributed by atoms with Crippen molar-refractivity contribution in [3.05, 3.63) is 79.0 Å². The summed E-state index contributed by atoms with van der Waals surface area (Å²) in [5.74, 6) is -0.488. The Labute approximate surface area is 269 Å². The van der Waals surface area contributed by atoms with E-state index < -0.39 is 11.9 Å². The average Bonchev–Trinajstić information content (AvgIpc) is 2.90. The van der Waals surface area contributed by atoms with Gasteiger partial charge in [-0.1, -0.05) is 55.8 Å². The minimum atomic E-state index is -0.915. The van der Waals surface area contributed by atoms with Crippen LogP contribution in [0.25, 0.3) is 0 Å². The van der Waals surface area contributed by atoms with Gasteiger partial charge in [-0.25, -0.2) is 0 Å². The molecule has 43 heavy (non-hydrogen) atoms. The Kier molecular flexibility index (Phi) is 8.71. The van der Waals surface area contributed by atoms with Crippen LogP contribution in [-0.4, -0.2) is 41.2 Å². The number of allylic oxidation sites excluding steroid dienone is 4. The Hall–Kier alpha value is -2.91. The minimum absolute atomic E-state index is 0.00795. The molecule has 9 heteroatoms. The van der Waals surface area contributed by atoms with Crippen LogP contribution < -0.4 is 9.47 Å². The summed E-state index contributed by atoms with van der Waals surface area (Å²) in [4.78, 5) is 41.7. The number of carbonyl (C=O) groups excluding carboxylic acids is 2. The van der Waals surface area contributed by atoms with Crippen LogP contribution in [0, 0.1) is 10.8 Å². The molecule has 1 heterocycles. The fraction of sp³-hybridized carbons (Fsp3) is 0.441. The maximum absolute atomic E-state index is 14.0. The topological polar surface area (TPSA) is 93.1 Å². The summed E-state index contributed by atoms with van der Waals surface area (Å²) in [5.41, 5.74) is 4.02. The van der Waals surface area contributed by atoms with E-state index in [1.807, 2.05) is 41.3 Å². The van der Waals surface area contributed by atoms with E-state index in [0.29, 0.717) is 59.4 Å². The number of hydrogen-bond donors (Lipinski definition) is 1. The first-order chi connectivity index (χ1) is 20.2. The van der Waals surface area contributed by atoms with Crippen molar-refractivity contribution in [1.29, 1.82) is 0 Å². The lowest BCUT2D eigenvalue weighted by Gasteiger charge is -2.49. The summed E-state index contributed by atoms with van der Waals surface area (Å²) < 4.78 is 13.6. The highest BCUT2D eigenvalue weighted by Crippen LogP contribution is 2.55. The summed E-state index contributed by atoms with van der Waals surface area (Å²) in [5, 5.41) is 9.59. The number of carboxylic acids is 1. The van der Waals surface area contributed by atoms with E-state index in [-0.39, 0.29) is 35.4 Å². The number of benzene rings is 2. The van der Waals surface area contributed by atoms with Gasteiger partial charge in [0.1, 0.15) is 6.61 Å². The number of carboxylic acid groups (broad SMARTS) is 1. The van der Waals surface area contributed by atoms with Crippen molar-refractivity contribution in [3.63, 3.8) is 0 Å². The van der Waals surface area contributed by atoms with E-state index in [4.69, 9.17) is 9.47 Å². The van der Waals surface area contributed by atoms with Gasteiger partial charge in [0.25, 0.3) is 0 Å². The van der Waals surface area contributed by atoms with Gasteiger partial charge in [0.15, 0.2) is 23.1 Å². The van der Waals surface area contributed by atoms with Crippen LogP contribution in [0.2, 0.25) is 0 Å². The quantitative estimate of drug-likeness (QED) is 0.297. The molecule has 228 valence electrons. The molecule has 0 aromatic heterocycles. The van der Waals surface area contributed by atoms with Gasteiger partial charge in [-0.2, -0.15) is 0 Å². The largest absolute Gasteiger partial charge is 0.493 e. The third kappa shape index (κ3) is 6.48. The lowest BCUT2D eigenvalue weighted by molar-refractivity contribution is -0.137. The molecule has 2 aromatic carbocycles. The summed E-state index contributed by atoms with van der Waals surface area (Å²) in [7, 11) is 1.57. The average molecular weight is 715 g/mol. The van der Waals surface area contributed by atoms with Gasteiger partial charge in [0, 0.05) is 52.3 Å². The predicted octanol–water partition coefficient (Wildman–Crippen LogP) is 7.96. The third-order valence-electron chi connectivity index (χ3n) is 8.45. The van der Waals surface area contributed by atoms with Gasteiger partial charge >= 0.3 is 5.97 Å². The fourth-order valence-electron chi connectivity index (χ4n) is 6.64. The Morgan fingerprint density at radius 3 is 2.00 bits per heavy atom. The number of Topliss-reactive ketones (excluding diaryl/α,β-unsaturated/α-hetero) is 2. The zero-order chi connectivity index (χ0) is 31.3. The molecule has 0 bridgehead atoms. The Morgan fingerprint density at radius 1 is 0.930 bits per heavy atom. The van der Waals surface area contributed by atoms with Crippen molar-refractivity contribution in [2.45, 2.75) is 72.3 Å². The van der Waals surface area contributed by atoms with Crippen LogP contribution in [0.15, 0.2) is 67.9 Å². The number of hydrogen-bond acceptors (Lipinski definition) is 6. The molecule has 0 fully saturated rings. The molecule has 2 aliphatic carbocycles. The SMILES string of the molecule is COc1cc(C2C3=C(CC(C)(C)CC3=O)N(CCC(=O)O)C3=C2C(=O)CC(C)(C)C3)cc(Br)c1OCc1ccc(Br)cc1. The number of ketones is 2. The number of rotatable bonds is 8. The zero-order valence-electron chi connectivity index (χ0n) is 25.2. The predicted molar refractivity (Wildman–Crippen MR) is 171 cm³/mol. The maximum atomic E-state index is 14.0. The van der Waals surface area contributed by atoms with Crippen molar-refractivity contribution in [2.75, 3.05) is 13.7 Å². The number of halogens is 2. The monoisotopic (exact) mass is 713 g/mol. The standard InChI is InChI=1S/C34H37Br2NO6/c1-33(2)14-23-30(25(38)16-33)29(31-24(37(23)11-10-28(40)41)15-34(3,4)17-26(31)39)20-12-22(36)32(27(13-20)42-5)43-18-19-6-8-21(35)9-7-19/h6-9,12-13,29H,10-11,14-18H2,1-5H3,(H,40,41). The molecule has 0 spiro atoms. The molecular formula is C34H37Br2NO6. The van der Waals surface area contributed by atoms with E-state index in [9.17, 15) is 19.5 Å². The van der Waals surface area contributed by atoms with Crippen molar-refractivity contribution in [1.82, 2.24) is 4.90 Å². The molecule has 7 nitrogen and oxygen atoms in total. The highest BCUT2D eigenvalue weighted by atomic mass is 79.9. The van der Waals surface area contributed by atoms with Gasteiger partial charge in [0.2, 0.25) is 0 Å². The Balaban J connectivity index is 1.65. The second kappa shape index (κ2) is 11.9. The van der Waals surface area contributed by atoms with Gasteiger partial charge in [-0.05, 0) is 75.0 Å². The summed E-state index contributed by atoms with van der Waals surface area (Å²) in [6.45, 7) is 8.80. The van der Waals surface area contributed by atoms with E-state index >= 15 is 0 Å². The molecule has 0 saturated heterocycles. The van der Waals surface area contributed by atoms with Crippen LogP contribution in [0.4, 0.5) is 0 Å². The van der Waals surface area contributed by atoms with Crippen LogP contribution in [0.3, 0.4) is 0 Å². The van der Waals surface area contributed by atoms with Gasteiger partial charge in [-0.15, -0.1) is 0 Å². The molecule has 1 aliphatic heterocycles. The lowest BCUT2D eigenvalue weighted by Crippen LogP contribution is -2.45. The molecule has 0 amide bonds. The number of aliphatic carboxylic acids is 1. The Bertz CT molecular complexity index is 1500. The molecule has 5 rings (SSSR count). The lowest BCUT2D eigenvalue weighted by atomic mass is 9.63. The van der Waals surface area contributed by atoms with Crippen molar-refractivity contribution in [2.24, 2.45) is 10.8 Å². The molecule has 3 aliphatic rings. The Morgan fingerprint density at radius 2 is 1.49 bits per heavy atom. The van der Waals surface area contributed by atoms with Crippen molar-refractivity contribution >= 4 is 49.4 Å². The van der Waals surface area contributed by atoms with Gasteiger partial charge in [-0.3, -0.25) is 14.4 Å². The summed E-state index contributed by atoms with van der Waals surface area (Å²) >= 11 is 7.15. The number of ether oxygens (including phenoxy) is 2. The molecule has 0 unspecified atom stereocenters. The molecule has 1 N–H and O–H groups in total. The zero-order valence-corrected chi connectivity index (χ0v) is 28.4. The van der Waals surface area contributed by atoms with E-state index in [1.54, 1.807) is 7.11 Å². The van der Waals surface area contributed by atoms with E-state index in [2.05, 4.69) is 59.6 Å². The second-order valence-electron chi connectivity index (χ2n) is 13.3. The first-order valence-electron chi connectivity index (χ1n) is 14.5. The van der Waals surface area contributed by atoms with Crippen LogP contribution in [-0.2, 0) is 21.0 Å². The summed E-state index contributed by atoms with van der Waals surface area (Å²) in [6, 6.07) is 11.7.